The molecule has 5 rings (SSSR count). The minimum Gasteiger partial charge on any atom is -0.353 e. The number of nitrogens with zero attached hydrogens (tertiary/aromatic N) is 5. The van der Waals surface area contributed by atoms with Crippen LogP contribution in [0.2, 0.25) is 0 Å². The number of hydrogen-bond donors (Lipinski definition) is 3. The van der Waals surface area contributed by atoms with Gasteiger partial charge in [-0.05, 0) is 25.5 Å². The molecule has 0 bridgehead atoms. The Balaban J connectivity index is 1.30. The number of piperazine rings is 1. The summed E-state index contributed by atoms with van der Waals surface area (Å²) in [6.07, 6.45) is 5.18. The van der Waals surface area contributed by atoms with Gasteiger partial charge in [0.1, 0.15) is 5.82 Å². The number of hydrogen-bond acceptors (Lipinski definition) is 7. The SMILES string of the molecule is CCn1cc(C2CC3C(CN2)NNC3c2cccc(N3CCN(C(C)=O)CC3)n2)cn1. The minimum atomic E-state index is 0.151. The van der Waals surface area contributed by atoms with Crippen molar-refractivity contribution in [1.29, 1.82) is 0 Å². The molecule has 0 aliphatic carbocycles. The third-order valence-electron chi connectivity index (χ3n) is 6.96. The third kappa shape index (κ3) is 4.05. The van der Waals surface area contributed by atoms with Crippen LogP contribution in [0.1, 0.15) is 43.6 Å². The topological polar surface area (TPSA) is 90.4 Å². The molecule has 3 aliphatic rings. The fourth-order valence-corrected chi connectivity index (χ4v) is 5.09. The van der Waals surface area contributed by atoms with Crippen LogP contribution in [0.15, 0.2) is 30.6 Å². The summed E-state index contributed by atoms with van der Waals surface area (Å²) >= 11 is 0. The van der Waals surface area contributed by atoms with Crippen LogP contribution < -0.4 is 21.1 Å². The van der Waals surface area contributed by atoms with Gasteiger partial charge in [-0.2, -0.15) is 5.10 Å². The molecule has 3 saturated heterocycles. The van der Waals surface area contributed by atoms with E-state index in [1.807, 2.05) is 15.8 Å². The second kappa shape index (κ2) is 8.57. The Morgan fingerprint density at radius 2 is 2.03 bits per heavy atom. The summed E-state index contributed by atoms with van der Waals surface area (Å²) in [7, 11) is 0. The highest BCUT2D eigenvalue weighted by Crippen LogP contribution is 2.38. The quantitative estimate of drug-likeness (QED) is 0.670. The van der Waals surface area contributed by atoms with Gasteiger partial charge in [-0.1, -0.05) is 6.07 Å². The first-order valence-electron chi connectivity index (χ1n) is 11.4. The normalized spacial score (nSPS) is 28.6. The molecule has 31 heavy (non-hydrogen) atoms. The molecule has 4 atom stereocenters. The van der Waals surface area contributed by atoms with Gasteiger partial charge in [-0.25, -0.2) is 10.4 Å². The lowest BCUT2D eigenvalue weighted by atomic mass is 9.82. The zero-order valence-corrected chi connectivity index (χ0v) is 18.3. The summed E-state index contributed by atoms with van der Waals surface area (Å²) in [5.41, 5.74) is 9.33. The van der Waals surface area contributed by atoms with Gasteiger partial charge in [-0.3, -0.25) is 14.9 Å². The molecule has 1 amide bonds. The molecule has 3 fully saturated rings. The third-order valence-corrected chi connectivity index (χ3v) is 6.96. The average molecular weight is 425 g/mol. The summed E-state index contributed by atoms with van der Waals surface area (Å²) in [4.78, 5) is 20.8. The Morgan fingerprint density at radius 3 is 2.77 bits per heavy atom. The maximum absolute atomic E-state index is 11.6. The van der Waals surface area contributed by atoms with Gasteiger partial charge in [0.25, 0.3) is 0 Å². The van der Waals surface area contributed by atoms with E-state index in [1.165, 1.54) is 5.56 Å². The van der Waals surface area contributed by atoms with Gasteiger partial charge in [0.2, 0.25) is 5.91 Å². The highest BCUT2D eigenvalue weighted by molar-refractivity contribution is 5.73. The number of amides is 1. The van der Waals surface area contributed by atoms with Gasteiger partial charge in [0.15, 0.2) is 0 Å². The number of nitrogens with one attached hydrogen (secondary N) is 3. The van der Waals surface area contributed by atoms with Crippen molar-refractivity contribution < 1.29 is 4.79 Å². The van der Waals surface area contributed by atoms with Crippen LogP contribution in [0, 0.1) is 5.92 Å². The fourth-order valence-electron chi connectivity index (χ4n) is 5.09. The largest absolute Gasteiger partial charge is 0.353 e. The van der Waals surface area contributed by atoms with Crippen molar-refractivity contribution in [2.24, 2.45) is 5.92 Å². The van der Waals surface area contributed by atoms with E-state index in [2.05, 4.69) is 57.5 Å². The van der Waals surface area contributed by atoms with Crippen molar-refractivity contribution >= 4 is 11.7 Å². The number of carbonyl (C=O) groups is 1. The van der Waals surface area contributed by atoms with Crippen molar-refractivity contribution in [3.05, 3.63) is 41.9 Å². The molecular formula is C22H32N8O. The van der Waals surface area contributed by atoms with Crippen LogP contribution in [0.5, 0.6) is 0 Å². The number of carbonyl (C=O) groups excluding carboxylic acids is 1. The molecule has 3 aliphatic heterocycles. The van der Waals surface area contributed by atoms with Gasteiger partial charge >= 0.3 is 0 Å². The lowest BCUT2D eigenvalue weighted by Gasteiger charge is -2.36. The predicted molar refractivity (Wildman–Crippen MR) is 118 cm³/mol. The van der Waals surface area contributed by atoms with Crippen LogP contribution in [0.25, 0.3) is 0 Å². The maximum Gasteiger partial charge on any atom is 0.219 e. The van der Waals surface area contributed by atoms with E-state index in [4.69, 9.17) is 4.98 Å². The molecule has 0 saturated carbocycles. The number of anilines is 1. The number of rotatable bonds is 4. The van der Waals surface area contributed by atoms with E-state index in [1.54, 1.807) is 6.92 Å². The zero-order chi connectivity index (χ0) is 21.4. The first kappa shape index (κ1) is 20.4. The Morgan fingerprint density at radius 1 is 1.19 bits per heavy atom. The standard InChI is InChI=1S/C22H32N8O/c1-3-30-14-16(12-24-30)19-11-17-20(13-23-19)26-27-22(17)18-5-4-6-21(25-18)29-9-7-28(8-10-29)15(2)31/h4-6,12,14,17,19-20,22-23,26-27H,3,7-11,13H2,1-2H3. The van der Waals surface area contributed by atoms with Crippen LogP contribution in [-0.2, 0) is 11.3 Å². The Bertz CT molecular complexity index is 922. The number of aryl methyl sites for hydroxylation is 1. The van der Waals surface area contributed by atoms with Gasteiger partial charge in [-0.15, -0.1) is 0 Å². The second-order valence-corrected chi connectivity index (χ2v) is 8.78. The molecule has 9 heteroatoms. The molecule has 2 aromatic heterocycles. The molecule has 2 aromatic rings. The first-order chi connectivity index (χ1) is 15.1. The highest BCUT2D eigenvalue weighted by atomic mass is 16.2. The van der Waals surface area contributed by atoms with E-state index in [-0.39, 0.29) is 11.9 Å². The van der Waals surface area contributed by atoms with Crippen LogP contribution in [0.3, 0.4) is 0 Å². The summed E-state index contributed by atoms with van der Waals surface area (Å²) in [5, 5.41) is 8.13. The summed E-state index contributed by atoms with van der Waals surface area (Å²) in [6.45, 7) is 8.73. The number of piperidine rings is 1. The molecular weight excluding hydrogens is 392 g/mol. The fraction of sp³-hybridized carbons (Fsp3) is 0.591. The van der Waals surface area contributed by atoms with E-state index in [9.17, 15) is 4.79 Å². The number of aromatic nitrogens is 3. The Hall–Kier alpha value is -2.49. The molecule has 166 valence electrons. The summed E-state index contributed by atoms with van der Waals surface area (Å²) in [6, 6.07) is 7.18. The van der Waals surface area contributed by atoms with Crippen molar-refractivity contribution in [3.63, 3.8) is 0 Å². The Labute approximate surface area is 183 Å². The highest BCUT2D eigenvalue weighted by Gasteiger charge is 2.42. The first-order valence-corrected chi connectivity index (χ1v) is 11.4. The van der Waals surface area contributed by atoms with Crippen molar-refractivity contribution in [3.8, 4) is 0 Å². The number of hydrazine groups is 1. The molecule has 4 unspecified atom stereocenters. The Kier molecular flexibility index (Phi) is 5.64. The van der Waals surface area contributed by atoms with Gasteiger partial charge in [0, 0.05) is 76.0 Å². The van der Waals surface area contributed by atoms with Crippen LogP contribution in [-0.4, -0.2) is 64.3 Å². The van der Waals surface area contributed by atoms with Crippen LogP contribution in [0.4, 0.5) is 5.82 Å². The monoisotopic (exact) mass is 424 g/mol. The van der Waals surface area contributed by atoms with Crippen molar-refractivity contribution in [1.82, 2.24) is 35.8 Å². The lowest BCUT2D eigenvalue weighted by molar-refractivity contribution is -0.129. The number of fused-ring (bicyclic) bond motifs is 1. The molecule has 5 heterocycles. The van der Waals surface area contributed by atoms with Crippen molar-refractivity contribution in [2.75, 3.05) is 37.6 Å². The van der Waals surface area contributed by atoms with Gasteiger partial charge in [0.05, 0.1) is 17.9 Å². The maximum atomic E-state index is 11.6. The zero-order valence-electron chi connectivity index (χ0n) is 18.3. The lowest BCUT2D eigenvalue weighted by Crippen LogP contribution is -2.48. The van der Waals surface area contributed by atoms with Crippen LogP contribution >= 0.6 is 0 Å². The minimum absolute atomic E-state index is 0.151. The molecule has 0 spiro atoms. The smallest absolute Gasteiger partial charge is 0.219 e. The van der Waals surface area contributed by atoms with E-state index >= 15 is 0 Å². The van der Waals surface area contributed by atoms with E-state index < -0.39 is 0 Å². The molecule has 9 nitrogen and oxygen atoms in total. The van der Waals surface area contributed by atoms with E-state index in [0.717, 1.165) is 57.2 Å². The second-order valence-electron chi connectivity index (χ2n) is 8.78. The summed E-state index contributed by atoms with van der Waals surface area (Å²) in [5.74, 6) is 1.60. The molecule has 3 N–H and O–H groups in total. The predicted octanol–water partition coefficient (Wildman–Crippen LogP) is 0.835. The summed E-state index contributed by atoms with van der Waals surface area (Å²) < 4.78 is 1.99. The average Bonchev–Trinajstić information content (AvgIpc) is 3.46. The van der Waals surface area contributed by atoms with Crippen molar-refractivity contribution in [2.45, 2.75) is 44.9 Å². The van der Waals surface area contributed by atoms with Gasteiger partial charge < -0.3 is 15.1 Å². The van der Waals surface area contributed by atoms with E-state index in [0.29, 0.717) is 18.0 Å². The molecule has 0 aromatic carbocycles. The molecule has 0 radical (unpaired) electrons. The number of pyridine rings is 1.